The Balaban J connectivity index is 1.48. The molecule has 0 aromatic heterocycles. The van der Waals surface area contributed by atoms with Crippen molar-refractivity contribution >= 4 is 11.4 Å². The first kappa shape index (κ1) is 22.3. The van der Waals surface area contributed by atoms with Crippen molar-refractivity contribution < 1.29 is 19.9 Å². The van der Waals surface area contributed by atoms with E-state index in [1.807, 2.05) is 18.2 Å². The molecule has 3 aliphatic rings. The van der Waals surface area contributed by atoms with E-state index in [-0.39, 0.29) is 11.2 Å². The van der Waals surface area contributed by atoms with Crippen molar-refractivity contribution in [3.05, 3.63) is 58.7 Å². The summed E-state index contributed by atoms with van der Waals surface area (Å²) in [6.45, 7) is 2.53. The molecule has 34 heavy (non-hydrogen) atoms. The van der Waals surface area contributed by atoms with Gasteiger partial charge in [-0.2, -0.15) is 5.26 Å². The SMILES string of the molecule is COc1cc2c(cc1O)/C(=N/OCc1ccc(C#N)cc1)C[C@@H]1[C@@H]2CC[C@]2(C)/C(=N\O)CC[C@@H]12. The van der Waals surface area contributed by atoms with E-state index in [0.717, 1.165) is 60.2 Å². The molecule has 2 N–H and O–H groups in total. The van der Waals surface area contributed by atoms with Gasteiger partial charge >= 0.3 is 0 Å². The molecule has 0 spiro atoms. The highest BCUT2D eigenvalue weighted by atomic mass is 16.6. The van der Waals surface area contributed by atoms with Crippen molar-refractivity contribution in [1.82, 2.24) is 0 Å². The first-order valence-electron chi connectivity index (χ1n) is 11.8. The predicted molar refractivity (Wildman–Crippen MR) is 127 cm³/mol. The highest BCUT2D eigenvalue weighted by Crippen LogP contribution is 2.60. The maximum absolute atomic E-state index is 10.5. The maximum Gasteiger partial charge on any atom is 0.160 e. The average Bonchev–Trinajstić information content (AvgIpc) is 3.20. The molecule has 176 valence electrons. The summed E-state index contributed by atoms with van der Waals surface area (Å²) in [5.74, 6) is 1.63. The fourth-order valence-electron chi connectivity index (χ4n) is 6.50. The van der Waals surface area contributed by atoms with Gasteiger partial charge in [-0.3, -0.25) is 0 Å². The van der Waals surface area contributed by atoms with Crippen molar-refractivity contribution in [1.29, 1.82) is 5.26 Å². The predicted octanol–water partition coefficient (Wildman–Crippen LogP) is 5.34. The highest BCUT2D eigenvalue weighted by molar-refractivity contribution is 6.04. The number of fused-ring (bicyclic) bond motifs is 5. The van der Waals surface area contributed by atoms with Crippen molar-refractivity contribution in [2.75, 3.05) is 7.11 Å². The summed E-state index contributed by atoms with van der Waals surface area (Å²) in [5, 5.41) is 37.3. The van der Waals surface area contributed by atoms with Crippen LogP contribution in [0.4, 0.5) is 0 Å². The third kappa shape index (κ3) is 3.58. The molecule has 2 fully saturated rings. The number of nitrogens with zero attached hydrogens (tertiary/aromatic N) is 3. The molecule has 0 amide bonds. The smallest absolute Gasteiger partial charge is 0.160 e. The molecular weight excluding hydrogens is 430 g/mol. The molecule has 0 heterocycles. The van der Waals surface area contributed by atoms with E-state index in [9.17, 15) is 10.3 Å². The first-order chi connectivity index (χ1) is 16.5. The zero-order valence-corrected chi connectivity index (χ0v) is 19.5. The number of phenolic OH excluding ortho intramolecular Hbond substituents is 1. The summed E-state index contributed by atoms with van der Waals surface area (Å²) in [5.41, 5.74) is 5.24. The van der Waals surface area contributed by atoms with Crippen molar-refractivity contribution in [3.63, 3.8) is 0 Å². The van der Waals surface area contributed by atoms with Gasteiger partial charge in [-0.05, 0) is 85.3 Å². The fraction of sp³-hybridized carbons (Fsp3) is 0.444. The zero-order valence-electron chi connectivity index (χ0n) is 19.5. The van der Waals surface area contributed by atoms with Crippen LogP contribution in [0.2, 0.25) is 0 Å². The van der Waals surface area contributed by atoms with Gasteiger partial charge in [0, 0.05) is 11.0 Å². The minimum atomic E-state index is -0.0944. The topological polar surface area (TPSA) is 107 Å². The van der Waals surface area contributed by atoms with Gasteiger partial charge in [0.25, 0.3) is 0 Å². The number of ether oxygens (including phenoxy) is 1. The molecule has 0 saturated heterocycles. The molecule has 3 aliphatic carbocycles. The fourth-order valence-corrected chi connectivity index (χ4v) is 6.50. The van der Waals surface area contributed by atoms with E-state index < -0.39 is 0 Å². The van der Waals surface area contributed by atoms with Crippen molar-refractivity contribution in [2.24, 2.45) is 27.6 Å². The van der Waals surface area contributed by atoms with E-state index in [0.29, 0.717) is 35.7 Å². The van der Waals surface area contributed by atoms with Gasteiger partial charge in [0.05, 0.1) is 30.2 Å². The summed E-state index contributed by atoms with van der Waals surface area (Å²) in [6, 6.07) is 13.1. The van der Waals surface area contributed by atoms with E-state index in [1.165, 1.54) is 0 Å². The van der Waals surface area contributed by atoms with Gasteiger partial charge in [-0.1, -0.05) is 29.4 Å². The number of methoxy groups -OCH3 is 1. The van der Waals surface area contributed by atoms with Crippen LogP contribution < -0.4 is 4.74 Å². The number of nitriles is 1. The van der Waals surface area contributed by atoms with Crippen LogP contribution in [0.15, 0.2) is 46.7 Å². The number of benzene rings is 2. The van der Waals surface area contributed by atoms with Gasteiger partial charge in [0.2, 0.25) is 0 Å². The highest BCUT2D eigenvalue weighted by Gasteiger charge is 2.54. The van der Waals surface area contributed by atoms with E-state index >= 15 is 0 Å². The second-order valence-electron chi connectivity index (χ2n) is 9.85. The standard InChI is InChI=1S/C27H29N3O4/c1-27-10-9-18-19-13-25(33-2)24(31)12-21(19)23(11-20(18)22(27)7-8-26(27)29-32)30-34-15-17-5-3-16(14-28)4-6-17/h3-6,12-13,18,20,22,31-32H,7-11,15H2,1-2H3/b29-26-,30-23+/t18-,20-,22+,27+/m1/s1. The summed E-state index contributed by atoms with van der Waals surface area (Å²) in [7, 11) is 1.57. The Bertz CT molecular complexity index is 1200. The largest absolute Gasteiger partial charge is 0.504 e. The van der Waals surface area contributed by atoms with E-state index in [1.54, 1.807) is 25.3 Å². The number of rotatable bonds is 4. The molecule has 5 rings (SSSR count). The Hall–Kier alpha value is -3.53. The van der Waals surface area contributed by atoms with Gasteiger partial charge in [-0.25, -0.2) is 0 Å². The van der Waals surface area contributed by atoms with E-state index in [2.05, 4.69) is 23.3 Å². The van der Waals surface area contributed by atoms with Crippen molar-refractivity contribution in [2.45, 2.75) is 51.6 Å². The summed E-state index contributed by atoms with van der Waals surface area (Å²) in [4.78, 5) is 5.77. The first-order valence-corrected chi connectivity index (χ1v) is 11.8. The minimum absolute atomic E-state index is 0.0932. The number of phenols is 1. The van der Waals surface area contributed by atoms with Crippen LogP contribution in [-0.2, 0) is 11.4 Å². The molecule has 7 heteroatoms. The van der Waals surface area contributed by atoms with Crippen LogP contribution in [0.3, 0.4) is 0 Å². The molecule has 2 saturated carbocycles. The normalized spacial score (nSPS) is 29.7. The Morgan fingerprint density at radius 3 is 2.71 bits per heavy atom. The quantitative estimate of drug-likeness (QED) is 0.474. The lowest BCUT2D eigenvalue weighted by Crippen LogP contribution is -2.43. The van der Waals surface area contributed by atoms with Crippen LogP contribution >= 0.6 is 0 Å². The third-order valence-corrected chi connectivity index (χ3v) is 8.28. The summed E-state index contributed by atoms with van der Waals surface area (Å²) in [6.07, 6.45) is 4.53. The monoisotopic (exact) mass is 459 g/mol. The zero-order chi connectivity index (χ0) is 23.9. The second-order valence-corrected chi connectivity index (χ2v) is 9.85. The van der Waals surface area contributed by atoms with Gasteiger partial charge in [0.15, 0.2) is 11.5 Å². The molecule has 4 atom stereocenters. The Morgan fingerprint density at radius 1 is 1.21 bits per heavy atom. The van der Waals surface area contributed by atoms with Crippen LogP contribution in [0, 0.1) is 28.6 Å². The lowest BCUT2D eigenvalue weighted by atomic mass is 9.55. The van der Waals surface area contributed by atoms with Crippen molar-refractivity contribution in [3.8, 4) is 17.6 Å². The van der Waals surface area contributed by atoms with E-state index in [4.69, 9.17) is 14.8 Å². The Labute approximate surface area is 199 Å². The molecular formula is C27H29N3O4. The summed E-state index contributed by atoms with van der Waals surface area (Å²) < 4.78 is 5.43. The molecule has 7 nitrogen and oxygen atoms in total. The molecule has 0 radical (unpaired) electrons. The van der Waals surface area contributed by atoms with Crippen LogP contribution in [0.25, 0.3) is 0 Å². The lowest BCUT2D eigenvalue weighted by molar-refractivity contribution is 0.103. The van der Waals surface area contributed by atoms with Crippen LogP contribution in [0.5, 0.6) is 11.5 Å². The molecule has 0 aliphatic heterocycles. The number of oxime groups is 2. The molecule has 0 bridgehead atoms. The molecule has 2 aromatic carbocycles. The van der Waals surface area contributed by atoms with Gasteiger partial charge in [0.1, 0.15) is 6.61 Å². The minimum Gasteiger partial charge on any atom is -0.504 e. The summed E-state index contributed by atoms with van der Waals surface area (Å²) >= 11 is 0. The average molecular weight is 460 g/mol. The van der Waals surface area contributed by atoms with Gasteiger partial charge < -0.3 is 19.9 Å². The Kier molecular flexibility index (Phi) is 5.68. The van der Waals surface area contributed by atoms with Crippen LogP contribution in [0.1, 0.15) is 67.2 Å². The number of hydrogen-bond donors (Lipinski definition) is 2. The maximum atomic E-state index is 10.5. The second kappa shape index (κ2) is 8.68. The lowest BCUT2D eigenvalue weighted by Gasteiger charge is -2.48. The molecule has 2 aromatic rings. The Morgan fingerprint density at radius 2 is 2.00 bits per heavy atom. The number of hydrogen-bond acceptors (Lipinski definition) is 7. The van der Waals surface area contributed by atoms with Gasteiger partial charge in [-0.15, -0.1) is 0 Å². The number of aromatic hydroxyl groups is 1. The van der Waals surface area contributed by atoms with Crippen LogP contribution in [-0.4, -0.2) is 28.8 Å². The third-order valence-electron chi connectivity index (χ3n) is 8.28. The molecule has 0 unspecified atom stereocenters.